The summed E-state index contributed by atoms with van der Waals surface area (Å²) >= 11 is 0. The summed E-state index contributed by atoms with van der Waals surface area (Å²) in [6, 6.07) is 0.237. The summed E-state index contributed by atoms with van der Waals surface area (Å²) in [6.45, 7) is 8.34. The third-order valence-corrected chi connectivity index (χ3v) is 2.29. The van der Waals surface area contributed by atoms with E-state index in [1.807, 2.05) is 6.92 Å². The second-order valence-electron chi connectivity index (χ2n) is 4.22. The summed E-state index contributed by atoms with van der Waals surface area (Å²) in [6.07, 6.45) is 0.902. The number of rotatable bonds is 11. The largest absolute Gasteiger partial charge is 0.383 e. The molecule has 6 nitrogen and oxygen atoms in total. The van der Waals surface area contributed by atoms with Crippen molar-refractivity contribution in [2.45, 2.75) is 26.3 Å². The van der Waals surface area contributed by atoms with Crippen LogP contribution in [-0.2, 0) is 14.2 Å². The molecule has 0 aliphatic rings. The van der Waals surface area contributed by atoms with E-state index in [1.54, 1.807) is 14.2 Å². The van der Waals surface area contributed by atoms with Gasteiger partial charge in [-0.05, 0) is 20.3 Å². The highest BCUT2D eigenvalue weighted by Crippen LogP contribution is 1.87. The molecule has 0 aromatic heterocycles. The van der Waals surface area contributed by atoms with Crippen LogP contribution >= 0.6 is 24.0 Å². The molecular weight excluding hydrogens is 373 g/mol. The zero-order chi connectivity index (χ0) is 14.3. The Balaban J connectivity index is 0. The van der Waals surface area contributed by atoms with Crippen LogP contribution in [0.5, 0.6) is 0 Å². The average molecular weight is 403 g/mol. The van der Waals surface area contributed by atoms with Gasteiger partial charge in [-0.3, -0.25) is 4.99 Å². The lowest BCUT2D eigenvalue weighted by atomic mass is 10.4. The molecular formula is C13H30IN3O3. The SMILES string of the molecule is CCNC(=NCCCOCCOC)NC(C)COC.I. The summed E-state index contributed by atoms with van der Waals surface area (Å²) in [5, 5.41) is 6.49. The number of halogens is 1. The van der Waals surface area contributed by atoms with Gasteiger partial charge in [0.05, 0.1) is 19.8 Å². The third-order valence-electron chi connectivity index (χ3n) is 2.29. The van der Waals surface area contributed by atoms with Gasteiger partial charge in [-0.1, -0.05) is 0 Å². The molecule has 0 saturated heterocycles. The van der Waals surface area contributed by atoms with Crippen LogP contribution in [0.25, 0.3) is 0 Å². The number of methoxy groups -OCH3 is 2. The molecule has 0 radical (unpaired) electrons. The number of nitrogens with one attached hydrogen (secondary N) is 2. The topological polar surface area (TPSA) is 64.1 Å². The highest BCUT2D eigenvalue weighted by molar-refractivity contribution is 14.0. The Morgan fingerprint density at radius 2 is 1.90 bits per heavy atom. The minimum Gasteiger partial charge on any atom is -0.383 e. The highest BCUT2D eigenvalue weighted by atomic mass is 127. The molecule has 0 fully saturated rings. The molecule has 1 unspecified atom stereocenters. The molecule has 1 atom stereocenters. The smallest absolute Gasteiger partial charge is 0.191 e. The zero-order valence-corrected chi connectivity index (χ0v) is 15.4. The molecule has 122 valence electrons. The van der Waals surface area contributed by atoms with Crippen molar-refractivity contribution in [3.05, 3.63) is 0 Å². The molecule has 0 spiro atoms. The lowest BCUT2D eigenvalue weighted by Gasteiger charge is -2.16. The Bertz CT molecular complexity index is 231. The van der Waals surface area contributed by atoms with Gasteiger partial charge in [-0.15, -0.1) is 24.0 Å². The third kappa shape index (κ3) is 14.3. The van der Waals surface area contributed by atoms with Gasteiger partial charge >= 0.3 is 0 Å². The van der Waals surface area contributed by atoms with Crippen LogP contribution in [0, 0.1) is 0 Å². The molecule has 0 saturated carbocycles. The first-order valence-corrected chi connectivity index (χ1v) is 6.85. The lowest BCUT2D eigenvalue weighted by molar-refractivity contribution is 0.0702. The predicted octanol–water partition coefficient (Wildman–Crippen LogP) is 1.25. The Kier molecular flexibility index (Phi) is 18.8. The first-order valence-electron chi connectivity index (χ1n) is 6.85. The van der Waals surface area contributed by atoms with E-state index in [-0.39, 0.29) is 30.0 Å². The zero-order valence-electron chi connectivity index (χ0n) is 13.1. The average Bonchev–Trinajstić information content (AvgIpc) is 2.38. The Hall–Kier alpha value is -0.120. The summed E-state index contributed by atoms with van der Waals surface area (Å²) in [4.78, 5) is 4.48. The normalized spacial score (nSPS) is 12.7. The van der Waals surface area contributed by atoms with E-state index in [0.717, 1.165) is 25.5 Å². The fourth-order valence-corrected chi connectivity index (χ4v) is 1.45. The number of aliphatic imine (C=N–C) groups is 1. The Labute approximate surface area is 140 Å². The van der Waals surface area contributed by atoms with Crippen molar-refractivity contribution in [3.63, 3.8) is 0 Å². The number of hydrogen-bond donors (Lipinski definition) is 2. The molecule has 0 aromatic carbocycles. The molecule has 0 heterocycles. The first-order chi connectivity index (χ1) is 9.24. The van der Waals surface area contributed by atoms with E-state index >= 15 is 0 Å². The van der Waals surface area contributed by atoms with Gasteiger partial charge in [0, 0.05) is 40.0 Å². The predicted molar refractivity (Wildman–Crippen MR) is 93.2 cm³/mol. The molecule has 0 rings (SSSR count). The molecule has 20 heavy (non-hydrogen) atoms. The second kappa shape index (κ2) is 16.9. The lowest BCUT2D eigenvalue weighted by Crippen LogP contribution is -2.44. The molecule has 0 aromatic rings. The van der Waals surface area contributed by atoms with Gasteiger partial charge in [0.15, 0.2) is 5.96 Å². The van der Waals surface area contributed by atoms with Crippen LogP contribution in [-0.4, -0.2) is 65.7 Å². The standard InChI is InChI=1S/C13H29N3O3.HI/c1-5-14-13(16-12(2)11-18-4)15-7-6-8-19-10-9-17-3;/h12H,5-11H2,1-4H3,(H2,14,15,16);1H. The van der Waals surface area contributed by atoms with Gasteiger partial charge in [0.25, 0.3) is 0 Å². The van der Waals surface area contributed by atoms with Crippen molar-refractivity contribution < 1.29 is 14.2 Å². The van der Waals surface area contributed by atoms with Crippen LogP contribution in [0.4, 0.5) is 0 Å². The summed E-state index contributed by atoms with van der Waals surface area (Å²) in [5.74, 6) is 0.823. The Morgan fingerprint density at radius 3 is 2.50 bits per heavy atom. The number of hydrogen-bond acceptors (Lipinski definition) is 4. The monoisotopic (exact) mass is 403 g/mol. The van der Waals surface area contributed by atoms with Gasteiger partial charge < -0.3 is 24.8 Å². The van der Waals surface area contributed by atoms with E-state index in [2.05, 4.69) is 22.5 Å². The molecule has 0 aliphatic heterocycles. The maximum atomic E-state index is 5.38. The maximum Gasteiger partial charge on any atom is 0.191 e. The van der Waals surface area contributed by atoms with E-state index in [1.165, 1.54) is 0 Å². The van der Waals surface area contributed by atoms with Crippen molar-refractivity contribution in [3.8, 4) is 0 Å². The quantitative estimate of drug-likeness (QED) is 0.235. The van der Waals surface area contributed by atoms with Crippen LogP contribution < -0.4 is 10.6 Å². The van der Waals surface area contributed by atoms with Gasteiger partial charge in [-0.25, -0.2) is 0 Å². The number of guanidine groups is 1. The minimum absolute atomic E-state index is 0. The molecule has 0 amide bonds. The van der Waals surface area contributed by atoms with Crippen molar-refractivity contribution >= 4 is 29.9 Å². The minimum atomic E-state index is 0. The molecule has 2 N–H and O–H groups in total. The van der Waals surface area contributed by atoms with Crippen molar-refractivity contribution in [1.29, 1.82) is 0 Å². The van der Waals surface area contributed by atoms with Crippen LogP contribution in [0.15, 0.2) is 4.99 Å². The fourth-order valence-electron chi connectivity index (χ4n) is 1.45. The highest BCUT2D eigenvalue weighted by Gasteiger charge is 2.03. The summed E-state index contributed by atoms with van der Waals surface area (Å²) < 4.78 is 15.4. The van der Waals surface area contributed by atoms with E-state index in [0.29, 0.717) is 26.4 Å². The van der Waals surface area contributed by atoms with Crippen molar-refractivity contribution in [1.82, 2.24) is 10.6 Å². The number of nitrogens with zero attached hydrogens (tertiary/aromatic N) is 1. The van der Waals surface area contributed by atoms with Gasteiger partial charge in [-0.2, -0.15) is 0 Å². The second-order valence-corrected chi connectivity index (χ2v) is 4.22. The molecule has 0 aliphatic carbocycles. The van der Waals surface area contributed by atoms with Crippen molar-refractivity contribution in [2.75, 3.05) is 53.7 Å². The van der Waals surface area contributed by atoms with Crippen LogP contribution in [0.2, 0.25) is 0 Å². The maximum absolute atomic E-state index is 5.38. The van der Waals surface area contributed by atoms with Crippen LogP contribution in [0.1, 0.15) is 20.3 Å². The van der Waals surface area contributed by atoms with Crippen LogP contribution in [0.3, 0.4) is 0 Å². The van der Waals surface area contributed by atoms with E-state index in [9.17, 15) is 0 Å². The summed E-state index contributed by atoms with van der Waals surface area (Å²) in [5.41, 5.74) is 0. The first kappa shape index (κ1) is 22.2. The van der Waals surface area contributed by atoms with E-state index < -0.39 is 0 Å². The van der Waals surface area contributed by atoms with Gasteiger partial charge in [0.2, 0.25) is 0 Å². The van der Waals surface area contributed by atoms with E-state index in [4.69, 9.17) is 14.2 Å². The fraction of sp³-hybridized carbons (Fsp3) is 0.923. The van der Waals surface area contributed by atoms with Gasteiger partial charge in [0.1, 0.15) is 0 Å². The summed E-state index contributed by atoms with van der Waals surface area (Å²) in [7, 11) is 3.36. The number of ether oxygens (including phenoxy) is 3. The molecule has 0 bridgehead atoms. The Morgan fingerprint density at radius 1 is 1.15 bits per heavy atom. The molecule has 7 heteroatoms. The van der Waals surface area contributed by atoms with Crippen molar-refractivity contribution in [2.24, 2.45) is 4.99 Å².